The van der Waals surface area contributed by atoms with E-state index in [1.165, 1.54) is 23.5 Å². The molecule has 148 valence electrons. The molecule has 0 saturated heterocycles. The Morgan fingerprint density at radius 3 is 2.36 bits per heavy atom. The number of thiazole rings is 1. The highest BCUT2D eigenvalue weighted by molar-refractivity contribution is 7.85. The van der Waals surface area contributed by atoms with Crippen molar-refractivity contribution >= 4 is 43.8 Å². The summed E-state index contributed by atoms with van der Waals surface area (Å²) in [6.45, 7) is 0.345. The van der Waals surface area contributed by atoms with Crippen molar-refractivity contribution in [3.8, 4) is 0 Å². The Balaban J connectivity index is 1.87. The molecule has 28 heavy (non-hydrogen) atoms. The second kappa shape index (κ2) is 8.02. The molecule has 0 amide bonds. The van der Waals surface area contributed by atoms with E-state index in [9.17, 15) is 26.1 Å². The first-order valence-corrected chi connectivity index (χ1v) is 10.7. The number of hydrogen-bond acceptors (Lipinski definition) is 4. The molecule has 0 saturated carbocycles. The molecule has 3 rings (SSSR count). The molecule has 0 unspecified atom stereocenters. The van der Waals surface area contributed by atoms with Crippen LogP contribution < -0.4 is 4.57 Å². The average molecular weight is 427 g/mol. The molecule has 4 nitrogen and oxygen atoms in total. The van der Waals surface area contributed by atoms with E-state index in [0.717, 1.165) is 27.4 Å². The number of alkyl halides is 3. The van der Waals surface area contributed by atoms with E-state index in [1.54, 1.807) is 12.2 Å². The van der Waals surface area contributed by atoms with Gasteiger partial charge in [-0.25, -0.2) is 8.42 Å². The first-order chi connectivity index (χ1) is 13.1. The molecular formula is C19H16F3NO3S2. The first-order valence-electron chi connectivity index (χ1n) is 8.34. The lowest BCUT2D eigenvalue weighted by atomic mass is 10.1. The molecule has 0 aliphatic rings. The normalized spacial score (nSPS) is 12.9. The number of fused-ring (bicyclic) bond motifs is 1. The minimum Gasteiger partial charge on any atom is -0.748 e. The molecule has 0 aliphatic carbocycles. The third-order valence-electron chi connectivity index (χ3n) is 4.07. The smallest absolute Gasteiger partial charge is 0.416 e. The van der Waals surface area contributed by atoms with Crippen molar-refractivity contribution in [2.24, 2.45) is 0 Å². The lowest BCUT2D eigenvalue weighted by molar-refractivity contribution is -0.668. The van der Waals surface area contributed by atoms with Crippen LogP contribution in [0.5, 0.6) is 0 Å². The summed E-state index contributed by atoms with van der Waals surface area (Å²) >= 11 is 1.48. The van der Waals surface area contributed by atoms with Gasteiger partial charge in [-0.05, 0) is 29.8 Å². The van der Waals surface area contributed by atoms with Crippen LogP contribution in [0.3, 0.4) is 0 Å². The monoisotopic (exact) mass is 427 g/mol. The average Bonchev–Trinajstić information content (AvgIpc) is 2.96. The Kier molecular flexibility index (Phi) is 5.87. The topological polar surface area (TPSA) is 61.1 Å². The number of benzene rings is 2. The lowest BCUT2D eigenvalue weighted by Crippen LogP contribution is -2.35. The highest BCUT2D eigenvalue weighted by atomic mass is 32.2. The number of hydrogen-bond donors (Lipinski definition) is 0. The minimum atomic E-state index is -4.38. The molecule has 0 spiro atoms. The minimum absolute atomic E-state index is 0.179. The summed E-state index contributed by atoms with van der Waals surface area (Å²) in [5.41, 5.74) is 0.808. The predicted octanol–water partition coefficient (Wildman–Crippen LogP) is 4.31. The van der Waals surface area contributed by atoms with Crippen molar-refractivity contribution < 1.29 is 30.7 Å². The Morgan fingerprint density at radius 1 is 1.04 bits per heavy atom. The molecule has 0 fully saturated rings. The highest BCUT2D eigenvalue weighted by Crippen LogP contribution is 2.29. The van der Waals surface area contributed by atoms with Gasteiger partial charge in [0.2, 0.25) is 5.52 Å². The lowest BCUT2D eigenvalue weighted by Gasteiger charge is -2.05. The maximum Gasteiger partial charge on any atom is 0.416 e. The van der Waals surface area contributed by atoms with Crippen LogP contribution in [-0.4, -0.2) is 18.7 Å². The van der Waals surface area contributed by atoms with Gasteiger partial charge in [0.05, 0.1) is 15.7 Å². The SMILES string of the molecule is O=S(=O)([O-])CCC[n+]1c(C=Cc2ccc(C(F)(F)F)cc2)sc2ccccc21. The highest BCUT2D eigenvalue weighted by Gasteiger charge is 2.29. The maximum absolute atomic E-state index is 12.7. The van der Waals surface area contributed by atoms with E-state index in [0.29, 0.717) is 12.1 Å². The van der Waals surface area contributed by atoms with Crippen LogP contribution in [0, 0.1) is 0 Å². The number of halogens is 3. The Bertz CT molecular complexity index is 1100. The molecule has 0 radical (unpaired) electrons. The van der Waals surface area contributed by atoms with Crippen molar-refractivity contribution in [2.45, 2.75) is 19.1 Å². The van der Waals surface area contributed by atoms with Crippen LogP contribution in [0.25, 0.3) is 22.4 Å². The zero-order valence-corrected chi connectivity index (χ0v) is 16.2. The van der Waals surface area contributed by atoms with Crippen LogP contribution >= 0.6 is 11.3 Å². The molecule has 0 atom stereocenters. The van der Waals surface area contributed by atoms with Crippen molar-refractivity contribution in [3.63, 3.8) is 0 Å². The molecule has 0 N–H and O–H groups in total. The standard InChI is InChI=1S/C19H16F3NO3S2/c20-19(21,22)15-9-6-14(7-10-15)8-11-18-23(12-3-13-28(24,25)26)16-4-1-2-5-17(16)27-18/h1-2,4-11H,3,12-13H2. The van der Waals surface area contributed by atoms with Crippen molar-refractivity contribution in [2.75, 3.05) is 5.75 Å². The van der Waals surface area contributed by atoms with E-state index >= 15 is 0 Å². The number of aromatic nitrogens is 1. The maximum atomic E-state index is 12.7. The van der Waals surface area contributed by atoms with Crippen LogP contribution in [0.1, 0.15) is 22.6 Å². The van der Waals surface area contributed by atoms with Gasteiger partial charge in [0, 0.05) is 24.3 Å². The summed E-state index contributed by atoms with van der Waals surface area (Å²) in [5, 5.41) is 0.810. The van der Waals surface area contributed by atoms with Crippen LogP contribution in [-0.2, 0) is 22.8 Å². The van der Waals surface area contributed by atoms with E-state index in [-0.39, 0.29) is 6.42 Å². The van der Waals surface area contributed by atoms with Gasteiger partial charge in [-0.2, -0.15) is 17.7 Å². The van der Waals surface area contributed by atoms with Gasteiger partial charge < -0.3 is 4.55 Å². The fourth-order valence-corrected chi connectivity index (χ4v) is 4.33. The number of para-hydroxylation sites is 1. The van der Waals surface area contributed by atoms with E-state index in [4.69, 9.17) is 0 Å². The van der Waals surface area contributed by atoms with Gasteiger partial charge in [-0.15, -0.1) is 0 Å². The Morgan fingerprint density at radius 2 is 1.71 bits per heavy atom. The summed E-state index contributed by atoms with van der Waals surface area (Å²) in [6, 6.07) is 12.4. The third kappa shape index (κ3) is 5.18. The predicted molar refractivity (Wildman–Crippen MR) is 102 cm³/mol. The molecule has 0 aliphatic heterocycles. The third-order valence-corrected chi connectivity index (χ3v) is 5.99. The fourth-order valence-electron chi connectivity index (χ4n) is 2.76. The van der Waals surface area contributed by atoms with E-state index in [2.05, 4.69) is 0 Å². The van der Waals surface area contributed by atoms with Crippen molar-refractivity contribution in [1.29, 1.82) is 0 Å². The van der Waals surface area contributed by atoms with Gasteiger partial charge in [-0.1, -0.05) is 35.6 Å². The molecule has 2 aromatic carbocycles. The summed E-state index contributed by atoms with van der Waals surface area (Å²) in [7, 11) is -4.28. The number of aryl methyl sites for hydroxylation is 1. The molecule has 1 aromatic heterocycles. The second-order valence-corrected chi connectivity index (χ2v) is 8.71. The van der Waals surface area contributed by atoms with E-state index in [1.807, 2.05) is 28.8 Å². The largest absolute Gasteiger partial charge is 0.748 e. The van der Waals surface area contributed by atoms with Crippen molar-refractivity contribution in [3.05, 3.63) is 64.7 Å². The van der Waals surface area contributed by atoms with Crippen LogP contribution in [0.2, 0.25) is 0 Å². The van der Waals surface area contributed by atoms with Gasteiger partial charge in [0.25, 0.3) is 5.01 Å². The van der Waals surface area contributed by atoms with Gasteiger partial charge >= 0.3 is 6.18 Å². The molecular weight excluding hydrogens is 411 g/mol. The van der Waals surface area contributed by atoms with Gasteiger partial charge in [0.15, 0.2) is 6.54 Å². The molecule has 9 heteroatoms. The Labute approximate surface area is 164 Å². The summed E-state index contributed by atoms with van der Waals surface area (Å²) in [5.74, 6) is -0.452. The molecule has 3 aromatic rings. The quantitative estimate of drug-likeness (QED) is 0.435. The fraction of sp³-hybridized carbons (Fsp3) is 0.211. The number of rotatable bonds is 6. The van der Waals surface area contributed by atoms with Crippen LogP contribution in [0.15, 0.2) is 48.5 Å². The summed E-state index contributed by atoms with van der Waals surface area (Å²) in [6.07, 6.45) is -0.721. The van der Waals surface area contributed by atoms with Gasteiger partial charge in [-0.3, -0.25) is 0 Å². The van der Waals surface area contributed by atoms with Gasteiger partial charge in [0.1, 0.15) is 4.70 Å². The molecule has 1 heterocycles. The van der Waals surface area contributed by atoms with Crippen LogP contribution in [0.4, 0.5) is 13.2 Å². The number of nitrogens with zero attached hydrogens (tertiary/aromatic N) is 1. The van der Waals surface area contributed by atoms with Crippen molar-refractivity contribution in [1.82, 2.24) is 0 Å². The molecule has 0 bridgehead atoms. The van der Waals surface area contributed by atoms with E-state index < -0.39 is 27.6 Å². The zero-order valence-electron chi connectivity index (χ0n) is 14.5. The Hall–Kier alpha value is -2.23. The summed E-state index contributed by atoms with van der Waals surface area (Å²) in [4.78, 5) is 0. The first kappa shape index (κ1) is 20.5. The zero-order chi connectivity index (χ0) is 20.4. The summed E-state index contributed by atoms with van der Waals surface area (Å²) < 4.78 is 73.5. The second-order valence-electron chi connectivity index (χ2n) is 6.13.